The zero-order valence-electron chi connectivity index (χ0n) is 9.46. The molecule has 2 aromatic rings. The molecule has 0 aliphatic carbocycles. The lowest BCUT2D eigenvalue weighted by molar-refractivity contribution is -0.137. The van der Waals surface area contributed by atoms with Crippen LogP contribution in [0.15, 0.2) is 29.2 Å². The minimum absolute atomic E-state index is 0.166. The van der Waals surface area contributed by atoms with Gasteiger partial charge in [0.15, 0.2) is 0 Å². The summed E-state index contributed by atoms with van der Waals surface area (Å²) in [6, 6.07) is 3.20. The molecule has 1 aromatic carbocycles. The number of aromatic carboxylic acids is 1. The summed E-state index contributed by atoms with van der Waals surface area (Å²) in [7, 11) is 0. The fourth-order valence-corrected chi connectivity index (χ4v) is 1.80. The summed E-state index contributed by atoms with van der Waals surface area (Å²) < 4.78 is 14.2. The number of carbonyl (C=O) groups is 2. The Kier molecular flexibility index (Phi) is 3.04. The van der Waals surface area contributed by atoms with Crippen molar-refractivity contribution >= 4 is 22.8 Å². The van der Waals surface area contributed by atoms with Crippen LogP contribution in [0.4, 0.5) is 4.39 Å². The van der Waals surface area contributed by atoms with Gasteiger partial charge in [-0.15, -0.1) is 0 Å². The van der Waals surface area contributed by atoms with Gasteiger partial charge in [0.1, 0.15) is 17.9 Å². The zero-order valence-corrected chi connectivity index (χ0v) is 9.46. The van der Waals surface area contributed by atoms with E-state index in [0.717, 1.165) is 22.9 Å². The van der Waals surface area contributed by atoms with E-state index < -0.39 is 35.3 Å². The maximum atomic E-state index is 13.1. The molecule has 0 saturated heterocycles. The monoisotopic (exact) mass is 265 g/mol. The normalized spacial score (nSPS) is 10.6. The third-order valence-electron chi connectivity index (χ3n) is 2.58. The molecule has 1 heterocycles. The van der Waals surface area contributed by atoms with Gasteiger partial charge in [0.2, 0.25) is 5.43 Å². The van der Waals surface area contributed by atoms with Crippen molar-refractivity contribution in [1.82, 2.24) is 4.57 Å². The van der Waals surface area contributed by atoms with Crippen LogP contribution in [0, 0.1) is 5.82 Å². The Morgan fingerprint density at radius 2 is 1.95 bits per heavy atom. The second kappa shape index (κ2) is 4.52. The molecular formula is C12H8FNO5. The molecule has 0 aliphatic rings. The second-order valence-electron chi connectivity index (χ2n) is 3.86. The van der Waals surface area contributed by atoms with Gasteiger partial charge in [-0.2, -0.15) is 0 Å². The lowest BCUT2D eigenvalue weighted by atomic mass is 10.1. The van der Waals surface area contributed by atoms with Crippen LogP contribution >= 0.6 is 0 Å². The number of benzene rings is 1. The second-order valence-corrected chi connectivity index (χ2v) is 3.86. The number of carboxylic acids is 2. The number of rotatable bonds is 3. The Morgan fingerprint density at radius 3 is 2.53 bits per heavy atom. The van der Waals surface area contributed by atoms with Gasteiger partial charge in [-0.3, -0.25) is 9.59 Å². The quantitative estimate of drug-likeness (QED) is 0.860. The van der Waals surface area contributed by atoms with Crippen LogP contribution in [0.5, 0.6) is 0 Å². The van der Waals surface area contributed by atoms with Crippen LogP contribution < -0.4 is 5.43 Å². The summed E-state index contributed by atoms with van der Waals surface area (Å²) in [4.78, 5) is 33.5. The largest absolute Gasteiger partial charge is 0.480 e. The van der Waals surface area contributed by atoms with E-state index in [1.165, 1.54) is 6.07 Å². The van der Waals surface area contributed by atoms with Crippen molar-refractivity contribution in [3.05, 3.63) is 46.0 Å². The lowest BCUT2D eigenvalue weighted by Gasteiger charge is -2.09. The molecule has 0 radical (unpaired) electrons. The fraction of sp³-hybridized carbons (Fsp3) is 0.0833. The van der Waals surface area contributed by atoms with Gasteiger partial charge in [0.25, 0.3) is 0 Å². The number of hydrogen-bond acceptors (Lipinski definition) is 3. The van der Waals surface area contributed by atoms with Crippen molar-refractivity contribution in [2.75, 3.05) is 0 Å². The Morgan fingerprint density at radius 1 is 1.26 bits per heavy atom. The fourth-order valence-electron chi connectivity index (χ4n) is 1.80. The topological polar surface area (TPSA) is 96.6 Å². The van der Waals surface area contributed by atoms with Crippen molar-refractivity contribution in [2.24, 2.45) is 0 Å². The highest BCUT2D eigenvalue weighted by Crippen LogP contribution is 2.14. The van der Waals surface area contributed by atoms with Crippen molar-refractivity contribution in [3.63, 3.8) is 0 Å². The highest BCUT2D eigenvalue weighted by molar-refractivity contribution is 5.92. The maximum absolute atomic E-state index is 13.1. The van der Waals surface area contributed by atoms with E-state index in [-0.39, 0.29) is 10.9 Å². The van der Waals surface area contributed by atoms with Gasteiger partial charge in [-0.25, -0.2) is 9.18 Å². The Balaban J connectivity index is 2.87. The molecule has 0 unspecified atom stereocenters. The molecule has 6 nitrogen and oxygen atoms in total. The summed E-state index contributed by atoms with van der Waals surface area (Å²) in [5, 5.41) is 17.5. The summed E-state index contributed by atoms with van der Waals surface area (Å²) in [5.41, 5.74) is -1.28. The average molecular weight is 265 g/mol. The number of halogens is 1. The molecule has 0 spiro atoms. The third kappa shape index (κ3) is 2.30. The SMILES string of the molecule is O=C(O)Cn1cc(C(=O)O)c(=O)c2cc(F)ccc21. The van der Waals surface area contributed by atoms with E-state index in [1.54, 1.807) is 0 Å². The van der Waals surface area contributed by atoms with Crippen molar-refractivity contribution in [1.29, 1.82) is 0 Å². The molecule has 0 fully saturated rings. The van der Waals surface area contributed by atoms with Crippen molar-refractivity contribution in [2.45, 2.75) is 6.54 Å². The summed E-state index contributed by atoms with van der Waals surface area (Å²) in [5.74, 6) is -3.39. The number of aromatic nitrogens is 1. The lowest BCUT2D eigenvalue weighted by Crippen LogP contribution is -2.21. The Bertz CT molecular complexity index is 750. The number of aliphatic carboxylic acids is 1. The molecule has 2 N–H and O–H groups in total. The first-order chi connectivity index (χ1) is 8.90. The van der Waals surface area contributed by atoms with E-state index in [1.807, 2.05) is 0 Å². The summed E-state index contributed by atoms with van der Waals surface area (Å²) >= 11 is 0. The van der Waals surface area contributed by atoms with Crippen LogP contribution in [-0.4, -0.2) is 26.7 Å². The van der Waals surface area contributed by atoms with Crippen LogP contribution in [0.3, 0.4) is 0 Å². The highest BCUT2D eigenvalue weighted by Gasteiger charge is 2.16. The van der Waals surface area contributed by atoms with Crippen LogP contribution in [0.1, 0.15) is 10.4 Å². The van der Waals surface area contributed by atoms with Gasteiger partial charge in [0, 0.05) is 11.6 Å². The first-order valence-electron chi connectivity index (χ1n) is 5.18. The Hall–Kier alpha value is -2.70. The summed E-state index contributed by atoms with van der Waals surface area (Å²) in [6.07, 6.45) is 0.943. The van der Waals surface area contributed by atoms with E-state index in [4.69, 9.17) is 10.2 Å². The molecule has 0 atom stereocenters. The van der Waals surface area contributed by atoms with E-state index in [2.05, 4.69) is 0 Å². The van der Waals surface area contributed by atoms with E-state index in [9.17, 15) is 18.8 Å². The minimum atomic E-state index is -1.49. The molecule has 0 aliphatic heterocycles. The van der Waals surface area contributed by atoms with Crippen molar-refractivity contribution in [3.8, 4) is 0 Å². The minimum Gasteiger partial charge on any atom is -0.480 e. The third-order valence-corrected chi connectivity index (χ3v) is 2.58. The molecular weight excluding hydrogens is 257 g/mol. The predicted octanol–water partition coefficient (Wildman–Crippen LogP) is 0.923. The number of hydrogen-bond donors (Lipinski definition) is 2. The van der Waals surface area contributed by atoms with E-state index >= 15 is 0 Å². The molecule has 2 rings (SSSR count). The first kappa shape index (κ1) is 12.7. The maximum Gasteiger partial charge on any atom is 0.341 e. The van der Waals surface area contributed by atoms with E-state index in [0.29, 0.717) is 0 Å². The van der Waals surface area contributed by atoms with Crippen LogP contribution in [-0.2, 0) is 11.3 Å². The highest BCUT2D eigenvalue weighted by atomic mass is 19.1. The van der Waals surface area contributed by atoms with Gasteiger partial charge < -0.3 is 14.8 Å². The number of fused-ring (bicyclic) bond motifs is 1. The summed E-state index contributed by atoms with van der Waals surface area (Å²) in [6.45, 7) is -0.525. The molecule has 0 bridgehead atoms. The molecule has 0 amide bonds. The molecule has 7 heteroatoms. The molecule has 1 aromatic heterocycles. The van der Waals surface area contributed by atoms with Crippen LogP contribution in [0.2, 0.25) is 0 Å². The zero-order chi connectivity index (χ0) is 14.2. The van der Waals surface area contributed by atoms with Gasteiger partial charge in [-0.05, 0) is 18.2 Å². The Labute approximate surface area is 105 Å². The number of pyridine rings is 1. The van der Waals surface area contributed by atoms with Gasteiger partial charge >= 0.3 is 11.9 Å². The predicted molar refractivity (Wildman–Crippen MR) is 62.8 cm³/mol. The van der Waals surface area contributed by atoms with Gasteiger partial charge in [0.05, 0.1) is 5.52 Å². The first-order valence-corrected chi connectivity index (χ1v) is 5.18. The molecule has 98 valence electrons. The standard InChI is InChI=1S/C12H8FNO5/c13-6-1-2-9-7(3-6)11(17)8(12(18)19)4-14(9)5-10(15)16/h1-4H,5H2,(H,15,16)(H,18,19). The average Bonchev–Trinajstić information content (AvgIpc) is 2.31. The number of nitrogens with zero attached hydrogens (tertiary/aromatic N) is 1. The molecule has 0 saturated carbocycles. The van der Waals surface area contributed by atoms with Crippen molar-refractivity contribution < 1.29 is 24.2 Å². The van der Waals surface area contributed by atoms with Crippen LogP contribution in [0.25, 0.3) is 10.9 Å². The van der Waals surface area contributed by atoms with Gasteiger partial charge in [-0.1, -0.05) is 0 Å². The smallest absolute Gasteiger partial charge is 0.341 e. The molecule has 19 heavy (non-hydrogen) atoms. The number of carboxylic acid groups (broad SMARTS) is 2.